The summed E-state index contributed by atoms with van der Waals surface area (Å²) < 4.78 is 0. The quantitative estimate of drug-likeness (QED) is 0.691. The molecule has 0 N–H and O–H groups in total. The van der Waals surface area contributed by atoms with Gasteiger partial charge in [-0.1, -0.05) is 44.2 Å². The third-order valence-electron chi connectivity index (χ3n) is 2.30. The molecule has 1 aromatic rings. The average Bonchev–Trinajstić information content (AvgIpc) is 2.15. The number of nitrogens with zero attached hydrogens (tertiary/aromatic N) is 1. The summed E-state index contributed by atoms with van der Waals surface area (Å²) in [7, 11) is 2.20. The molecule has 1 nitrogen and oxygen atoms in total. The Balaban J connectivity index is 2.27. The largest absolute Gasteiger partial charge is 0.306 e. The molecule has 0 atom stereocenters. The van der Waals surface area contributed by atoms with E-state index in [0.29, 0.717) is 0 Å². The molecule has 0 aliphatic heterocycles. The Labute approximate surface area is 87.7 Å². The second-order valence-corrected chi connectivity index (χ2v) is 4.39. The van der Waals surface area contributed by atoms with Crippen LogP contribution in [-0.2, 0) is 6.42 Å². The number of hydrogen-bond donors (Lipinski definition) is 0. The molecule has 0 heterocycles. The van der Waals surface area contributed by atoms with E-state index in [4.69, 9.17) is 0 Å². The lowest BCUT2D eigenvalue weighted by Crippen LogP contribution is -2.25. The van der Waals surface area contributed by atoms with E-state index in [1.807, 2.05) is 0 Å². The molecule has 0 fully saturated rings. The lowest BCUT2D eigenvalue weighted by atomic mass is 10.1. The van der Waals surface area contributed by atoms with Gasteiger partial charge in [-0.3, -0.25) is 0 Å². The van der Waals surface area contributed by atoms with Crippen molar-refractivity contribution >= 4 is 0 Å². The van der Waals surface area contributed by atoms with Crippen LogP contribution in [0.5, 0.6) is 0 Å². The molecule has 0 bridgehead atoms. The Hall–Kier alpha value is -0.820. The predicted molar refractivity (Wildman–Crippen MR) is 62.5 cm³/mol. The maximum absolute atomic E-state index is 2.40. The van der Waals surface area contributed by atoms with E-state index < -0.39 is 0 Å². The summed E-state index contributed by atoms with van der Waals surface area (Å²) >= 11 is 0. The molecule has 0 amide bonds. The first kappa shape index (κ1) is 11.3. The Kier molecular flexibility index (Phi) is 4.68. The lowest BCUT2D eigenvalue weighted by molar-refractivity contribution is 0.299. The summed E-state index contributed by atoms with van der Waals surface area (Å²) in [6, 6.07) is 10.7. The first-order valence-electron chi connectivity index (χ1n) is 5.41. The minimum atomic E-state index is 0.760. The van der Waals surface area contributed by atoms with Crippen LogP contribution in [0.4, 0.5) is 0 Å². The van der Waals surface area contributed by atoms with Gasteiger partial charge in [0.05, 0.1) is 0 Å². The molecule has 1 heteroatoms. The van der Waals surface area contributed by atoms with Crippen LogP contribution in [0.15, 0.2) is 30.3 Å². The van der Waals surface area contributed by atoms with Gasteiger partial charge < -0.3 is 4.90 Å². The van der Waals surface area contributed by atoms with Crippen molar-refractivity contribution in [2.45, 2.75) is 20.3 Å². The molecular formula is C13H21N. The van der Waals surface area contributed by atoms with Gasteiger partial charge in [0.15, 0.2) is 0 Å². The van der Waals surface area contributed by atoms with Gasteiger partial charge in [-0.25, -0.2) is 0 Å². The molecule has 0 aromatic heterocycles. The van der Waals surface area contributed by atoms with E-state index in [0.717, 1.165) is 18.9 Å². The normalized spacial score (nSPS) is 11.2. The van der Waals surface area contributed by atoms with E-state index >= 15 is 0 Å². The molecule has 1 aromatic carbocycles. The van der Waals surface area contributed by atoms with Crippen LogP contribution in [0, 0.1) is 5.92 Å². The van der Waals surface area contributed by atoms with Gasteiger partial charge in [0.2, 0.25) is 0 Å². The van der Waals surface area contributed by atoms with Crippen molar-refractivity contribution in [3.8, 4) is 0 Å². The second kappa shape index (κ2) is 5.82. The van der Waals surface area contributed by atoms with Gasteiger partial charge in [-0.2, -0.15) is 0 Å². The van der Waals surface area contributed by atoms with E-state index in [-0.39, 0.29) is 0 Å². The van der Waals surface area contributed by atoms with Gasteiger partial charge in [0.25, 0.3) is 0 Å². The van der Waals surface area contributed by atoms with Crippen molar-refractivity contribution in [1.29, 1.82) is 0 Å². The van der Waals surface area contributed by atoms with E-state index in [1.54, 1.807) is 0 Å². The molecule has 78 valence electrons. The van der Waals surface area contributed by atoms with Crippen molar-refractivity contribution < 1.29 is 0 Å². The van der Waals surface area contributed by atoms with Gasteiger partial charge in [0, 0.05) is 13.1 Å². The summed E-state index contributed by atoms with van der Waals surface area (Å²) in [6.07, 6.45) is 1.16. The second-order valence-electron chi connectivity index (χ2n) is 4.39. The summed E-state index contributed by atoms with van der Waals surface area (Å²) in [5.74, 6) is 0.760. The average molecular weight is 191 g/mol. The Morgan fingerprint density at radius 3 is 2.36 bits per heavy atom. The van der Waals surface area contributed by atoms with Crippen LogP contribution >= 0.6 is 0 Å². The van der Waals surface area contributed by atoms with Crippen LogP contribution in [0.3, 0.4) is 0 Å². The monoisotopic (exact) mass is 191 g/mol. The highest BCUT2D eigenvalue weighted by molar-refractivity contribution is 5.14. The zero-order valence-corrected chi connectivity index (χ0v) is 9.53. The Morgan fingerprint density at radius 1 is 1.14 bits per heavy atom. The maximum Gasteiger partial charge on any atom is 0.00189 e. The van der Waals surface area contributed by atoms with Gasteiger partial charge >= 0.3 is 0 Å². The van der Waals surface area contributed by atoms with Crippen molar-refractivity contribution in [2.24, 2.45) is 5.92 Å². The molecule has 0 saturated heterocycles. The molecule has 14 heavy (non-hydrogen) atoms. The van der Waals surface area contributed by atoms with E-state index in [1.165, 1.54) is 12.1 Å². The standard InChI is InChI=1S/C13H21N/c1-12(2)11-14(3)10-9-13-7-5-4-6-8-13/h4-8,12H,9-11H2,1-3H3. The molecule has 0 unspecified atom stereocenters. The summed E-state index contributed by atoms with van der Waals surface area (Å²) in [6.45, 7) is 6.87. The highest BCUT2D eigenvalue weighted by Gasteiger charge is 2.01. The Morgan fingerprint density at radius 2 is 1.79 bits per heavy atom. The van der Waals surface area contributed by atoms with Crippen LogP contribution in [-0.4, -0.2) is 25.0 Å². The van der Waals surface area contributed by atoms with E-state index in [9.17, 15) is 0 Å². The number of benzene rings is 1. The first-order valence-corrected chi connectivity index (χ1v) is 5.41. The van der Waals surface area contributed by atoms with Crippen molar-refractivity contribution in [3.05, 3.63) is 35.9 Å². The number of hydrogen-bond acceptors (Lipinski definition) is 1. The van der Waals surface area contributed by atoms with Crippen LogP contribution < -0.4 is 0 Å². The Bertz CT molecular complexity index is 241. The molecule has 0 radical (unpaired) electrons. The van der Waals surface area contributed by atoms with Crippen molar-refractivity contribution in [3.63, 3.8) is 0 Å². The highest BCUT2D eigenvalue weighted by atomic mass is 15.1. The molecule has 1 rings (SSSR count). The number of likely N-dealkylation sites (N-methyl/N-ethyl adjacent to an activating group) is 1. The summed E-state index contributed by atoms with van der Waals surface area (Å²) in [5, 5.41) is 0. The zero-order chi connectivity index (χ0) is 10.4. The van der Waals surface area contributed by atoms with Gasteiger partial charge in [-0.15, -0.1) is 0 Å². The van der Waals surface area contributed by atoms with Gasteiger partial charge in [-0.05, 0) is 24.9 Å². The summed E-state index contributed by atoms with van der Waals surface area (Å²) in [5.41, 5.74) is 1.43. The highest BCUT2D eigenvalue weighted by Crippen LogP contribution is 2.02. The molecule has 0 aliphatic carbocycles. The third kappa shape index (κ3) is 4.43. The fourth-order valence-corrected chi connectivity index (χ4v) is 1.68. The minimum absolute atomic E-state index is 0.760. The van der Waals surface area contributed by atoms with Crippen LogP contribution in [0.25, 0.3) is 0 Å². The number of rotatable bonds is 5. The summed E-state index contributed by atoms with van der Waals surface area (Å²) in [4.78, 5) is 2.40. The fraction of sp³-hybridized carbons (Fsp3) is 0.538. The van der Waals surface area contributed by atoms with Crippen LogP contribution in [0.2, 0.25) is 0 Å². The smallest absolute Gasteiger partial charge is 0.00189 e. The maximum atomic E-state index is 2.40. The molecular weight excluding hydrogens is 170 g/mol. The van der Waals surface area contributed by atoms with Crippen molar-refractivity contribution in [1.82, 2.24) is 4.90 Å². The van der Waals surface area contributed by atoms with Gasteiger partial charge in [0.1, 0.15) is 0 Å². The first-order chi connectivity index (χ1) is 6.68. The fourth-order valence-electron chi connectivity index (χ4n) is 1.68. The van der Waals surface area contributed by atoms with Crippen LogP contribution in [0.1, 0.15) is 19.4 Å². The predicted octanol–water partition coefficient (Wildman–Crippen LogP) is 2.82. The minimum Gasteiger partial charge on any atom is -0.306 e. The lowest BCUT2D eigenvalue weighted by Gasteiger charge is -2.18. The topological polar surface area (TPSA) is 3.24 Å². The molecule has 0 spiro atoms. The van der Waals surface area contributed by atoms with Crippen molar-refractivity contribution in [2.75, 3.05) is 20.1 Å². The third-order valence-corrected chi connectivity index (χ3v) is 2.30. The molecule has 0 saturated carbocycles. The molecule has 0 aliphatic rings. The SMILES string of the molecule is CC(C)CN(C)CCc1ccccc1. The van der Waals surface area contributed by atoms with E-state index in [2.05, 4.69) is 56.1 Å². The zero-order valence-electron chi connectivity index (χ0n) is 9.53.